The third-order valence-corrected chi connectivity index (χ3v) is 4.20. The van der Waals surface area contributed by atoms with Crippen LogP contribution in [0.4, 0.5) is 17.1 Å². The molecule has 0 radical (unpaired) electrons. The van der Waals surface area contributed by atoms with Crippen LogP contribution in [0.5, 0.6) is 0 Å². The molecule has 0 fully saturated rings. The quantitative estimate of drug-likeness (QED) is 0.703. The van der Waals surface area contributed by atoms with E-state index in [1.54, 1.807) is 18.4 Å². The van der Waals surface area contributed by atoms with Gasteiger partial charge in [0.1, 0.15) is 5.52 Å². The highest BCUT2D eigenvalue weighted by molar-refractivity contribution is 7.16. The van der Waals surface area contributed by atoms with Gasteiger partial charge in [0.25, 0.3) is 0 Å². The number of aromatic nitrogens is 1. The molecule has 0 spiro atoms. The van der Waals surface area contributed by atoms with E-state index in [1.807, 2.05) is 29.8 Å². The van der Waals surface area contributed by atoms with Crippen molar-refractivity contribution in [2.45, 2.75) is 6.42 Å². The standard InChI is InChI=1S/C16H17N3OS/c1-20-9-8-11-4-2-3-5-12(11)19-13-6-7-14-16(15(13)17)18-10-21-14/h2-7,10,19H,8-9,17H2,1H3. The lowest BCUT2D eigenvalue weighted by molar-refractivity contribution is 0.202. The van der Waals surface area contributed by atoms with Crippen LogP contribution in [0, 0.1) is 0 Å². The van der Waals surface area contributed by atoms with Crippen molar-refractivity contribution in [3.63, 3.8) is 0 Å². The number of methoxy groups -OCH3 is 1. The fraction of sp³-hybridized carbons (Fsp3) is 0.188. The Labute approximate surface area is 127 Å². The number of nitrogens with zero attached hydrogens (tertiary/aromatic N) is 1. The van der Waals surface area contributed by atoms with E-state index >= 15 is 0 Å². The number of rotatable bonds is 5. The number of nitrogens with one attached hydrogen (secondary N) is 1. The Balaban J connectivity index is 1.93. The largest absolute Gasteiger partial charge is 0.395 e. The van der Waals surface area contributed by atoms with Crippen molar-refractivity contribution >= 4 is 38.6 Å². The van der Waals surface area contributed by atoms with Crippen LogP contribution >= 0.6 is 11.3 Å². The summed E-state index contributed by atoms with van der Waals surface area (Å²) in [5.74, 6) is 0. The molecule has 0 amide bonds. The first-order valence-electron chi connectivity index (χ1n) is 6.75. The van der Waals surface area contributed by atoms with Crippen LogP contribution in [0.25, 0.3) is 10.2 Å². The molecule has 0 bridgehead atoms. The fourth-order valence-electron chi connectivity index (χ4n) is 2.28. The predicted octanol–water partition coefficient (Wildman–Crippen LogP) is 3.81. The van der Waals surface area contributed by atoms with Gasteiger partial charge in [0.05, 0.1) is 28.2 Å². The van der Waals surface area contributed by atoms with E-state index in [1.165, 1.54) is 5.56 Å². The van der Waals surface area contributed by atoms with Gasteiger partial charge in [-0.1, -0.05) is 18.2 Å². The van der Waals surface area contributed by atoms with Crippen molar-refractivity contribution in [2.75, 3.05) is 24.8 Å². The number of para-hydroxylation sites is 1. The Morgan fingerprint density at radius 2 is 2.05 bits per heavy atom. The van der Waals surface area contributed by atoms with Crippen molar-refractivity contribution in [1.82, 2.24) is 4.98 Å². The first-order chi connectivity index (χ1) is 10.3. The summed E-state index contributed by atoms with van der Waals surface area (Å²) in [6, 6.07) is 12.2. The van der Waals surface area contributed by atoms with Crippen molar-refractivity contribution in [1.29, 1.82) is 0 Å². The summed E-state index contributed by atoms with van der Waals surface area (Å²) in [5.41, 5.74) is 12.7. The van der Waals surface area contributed by atoms with Gasteiger partial charge < -0.3 is 15.8 Å². The summed E-state index contributed by atoms with van der Waals surface area (Å²) < 4.78 is 6.26. The summed E-state index contributed by atoms with van der Waals surface area (Å²) in [4.78, 5) is 4.33. The highest BCUT2D eigenvalue weighted by Crippen LogP contribution is 2.32. The smallest absolute Gasteiger partial charge is 0.106 e. The molecule has 3 rings (SSSR count). The molecule has 108 valence electrons. The number of nitrogen functional groups attached to an aromatic ring is 1. The Kier molecular flexibility index (Phi) is 4.03. The first kappa shape index (κ1) is 13.9. The molecule has 21 heavy (non-hydrogen) atoms. The van der Waals surface area contributed by atoms with Crippen LogP contribution < -0.4 is 11.1 Å². The summed E-state index contributed by atoms with van der Waals surface area (Å²) >= 11 is 1.60. The van der Waals surface area contributed by atoms with Crippen molar-refractivity contribution in [2.24, 2.45) is 0 Å². The number of anilines is 3. The topological polar surface area (TPSA) is 60.2 Å². The van der Waals surface area contributed by atoms with Crippen LogP contribution in [0.3, 0.4) is 0 Å². The van der Waals surface area contributed by atoms with E-state index in [4.69, 9.17) is 10.5 Å². The maximum atomic E-state index is 6.22. The van der Waals surface area contributed by atoms with Gasteiger partial charge in [-0.15, -0.1) is 11.3 Å². The summed E-state index contributed by atoms with van der Waals surface area (Å²) in [6.45, 7) is 0.694. The normalized spacial score (nSPS) is 10.9. The Morgan fingerprint density at radius 1 is 1.19 bits per heavy atom. The van der Waals surface area contributed by atoms with Crippen molar-refractivity contribution < 1.29 is 4.74 Å². The molecule has 0 unspecified atom stereocenters. The van der Waals surface area contributed by atoms with Gasteiger partial charge in [0.2, 0.25) is 0 Å². The van der Waals surface area contributed by atoms with E-state index in [0.717, 1.165) is 28.0 Å². The van der Waals surface area contributed by atoms with Crippen LogP contribution in [0.15, 0.2) is 41.9 Å². The van der Waals surface area contributed by atoms with Gasteiger partial charge in [-0.2, -0.15) is 0 Å². The first-order valence-corrected chi connectivity index (χ1v) is 7.63. The minimum Gasteiger partial charge on any atom is -0.395 e. The molecule has 5 heteroatoms. The molecular formula is C16H17N3OS. The van der Waals surface area contributed by atoms with Crippen molar-refractivity contribution in [3.8, 4) is 0 Å². The molecule has 3 aromatic rings. The van der Waals surface area contributed by atoms with E-state index in [9.17, 15) is 0 Å². The molecule has 0 saturated carbocycles. The monoisotopic (exact) mass is 299 g/mol. The number of benzene rings is 2. The lowest BCUT2D eigenvalue weighted by Crippen LogP contribution is -2.02. The molecule has 1 heterocycles. The summed E-state index contributed by atoms with van der Waals surface area (Å²) in [6.07, 6.45) is 0.860. The zero-order valence-electron chi connectivity index (χ0n) is 11.8. The number of nitrogens with two attached hydrogens (primary N) is 1. The summed E-state index contributed by atoms with van der Waals surface area (Å²) in [7, 11) is 1.71. The number of thiazole rings is 1. The maximum absolute atomic E-state index is 6.22. The number of fused-ring (bicyclic) bond motifs is 1. The van der Waals surface area contributed by atoms with E-state index in [0.29, 0.717) is 12.3 Å². The Bertz CT molecular complexity index is 754. The van der Waals surface area contributed by atoms with Gasteiger partial charge in [-0.05, 0) is 30.2 Å². The number of hydrogen-bond acceptors (Lipinski definition) is 5. The molecule has 3 N–H and O–H groups in total. The minimum atomic E-state index is 0.690. The molecule has 4 nitrogen and oxygen atoms in total. The van der Waals surface area contributed by atoms with Gasteiger partial charge in [-0.25, -0.2) is 4.98 Å². The molecule has 2 aromatic carbocycles. The van der Waals surface area contributed by atoms with Gasteiger partial charge in [0, 0.05) is 12.8 Å². The maximum Gasteiger partial charge on any atom is 0.106 e. The molecule has 0 aliphatic carbocycles. The second-order valence-corrected chi connectivity index (χ2v) is 5.64. The third-order valence-electron chi connectivity index (χ3n) is 3.40. The fourth-order valence-corrected chi connectivity index (χ4v) is 2.97. The van der Waals surface area contributed by atoms with Crippen LogP contribution in [0.2, 0.25) is 0 Å². The third kappa shape index (κ3) is 2.84. The van der Waals surface area contributed by atoms with Gasteiger partial charge >= 0.3 is 0 Å². The average Bonchev–Trinajstić information content (AvgIpc) is 2.98. The van der Waals surface area contributed by atoms with Crippen molar-refractivity contribution in [3.05, 3.63) is 47.5 Å². The zero-order chi connectivity index (χ0) is 14.7. The SMILES string of the molecule is COCCc1ccccc1Nc1ccc2scnc2c1N. The van der Waals surface area contributed by atoms with Gasteiger partial charge in [-0.3, -0.25) is 0 Å². The predicted molar refractivity (Wildman–Crippen MR) is 89.3 cm³/mol. The zero-order valence-corrected chi connectivity index (χ0v) is 12.6. The second kappa shape index (κ2) is 6.11. The Hall–Kier alpha value is -2.11. The lowest BCUT2D eigenvalue weighted by Gasteiger charge is -2.13. The van der Waals surface area contributed by atoms with E-state index < -0.39 is 0 Å². The molecule has 0 aliphatic rings. The Morgan fingerprint density at radius 3 is 2.90 bits per heavy atom. The van der Waals surface area contributed by atoms with Crippen LogP contribution in [0.1, 0.15) is 5.56 Å². The van der Waals surface area contributed by atoms with Gasteiger partial charge in [0.15, 0.2) is 0 Å². The van der Waals surface area contributed by atoms with E-state index in [-0.39, 0.29) is 0 Å². The average molecular weight is 299 g/mol. The van der Waals surface area contributed by atoms with E-state index in [2.05, 4.69) is 22.4 Å². The second-order valence-electron chi connectivity index (χ2n) is 4.75. The minimum absolute atomic E-state index is 0.690. The highest BCUT2D eigenvalue weighted by Gasteiger charge is 2.09. The molecule has 1 aromatic heterocycles. The highest BCUT2D eigenvalue weighted by atomic mass is 32.1. The molecule has 0 saturated heterocycles. The number of hydrogen-bond donors (Lipinski definition) is 2. The molecular weight excluding hydrogens is 282 g/mol. The summed E-state index contributed by atoms with van der Waals surface area (Å²) in [5, 5.41) is 3.42. The molecule has 0 aliphatic heterocycles. The lowest BCUT2D eigenvalue weighted by atomic mass is 10.1. The van der Waals surface area contributed by atoms with Crippen LogP contribution in [-0.4, -0.2) is 18.7 Å². The number of ether oxygens (including phenoxy) is 1. The van der Waals surface area contributed by atoms with Crippen LogP contribution in [-0.2, 0) is 11.2 Å². The molecule has 0 atom stereocenters.